The van der Waals surface area contributed by atoms with Gasteiger partial charge in [0.05, 0.1) is 34.1 Å². The second kappa shape index (κ2) is 10.4. The van der Waals surface area contributed by atoms with Crippen LogP contribution in [0.1, 0.15) is 11.1 Å². The molecule has 0 atom stereocenters. The fourth-order valence-corrected chi connectivity index (χ4v) is 4.30. The van der Waals surface area contributed by atoms with Gasteiger partial charge in [0.2, 0.25) is 0 Å². The summed E-state index contributed by atoms with van der Waals surface area (Å²) < 4.78 is 41.5. The molecule has 35 heavy (non-hydrogen) atoms. The molecule has 0 saturated heterocycles. The smallest absolute Gasteiger partial charge is 0.272 e. The number of benzene rings is 3. The van der Waals surface area contributed by atoms with Crippen LogP contribution in [0.4, 0.5) is 13.2 Å². The highest BCUT2D eigenvalue weighted by Crippen LogP contribution is 2.31. The van der Waals surface area contributed by atoms with Crippen LogP contribution in [-0.2, 0) is 11.0 Å². The van der Waals surface area contributed by atoms with E-state index in [4.69, 9.17) is 0 Å². The Balaban J connectivity index is 1.55. The van der Waals surface area contributed by atoms with E-state index in [0.717, 1.165) is 28.5 Å². The molecule has 4 aromatic rings. The SMILES string of the molecule is O=C(CSc1nc2ccccc2c(=O)n1-c1ccc(Br)cc1)N/N=C/c1ccccc1C(F)(F)F. The summed E-state index contributed by atoms with van der Waals surface area (Å²) in [5.74, 6) is -0.736. The van der Waals surface area contributed by atoms with Crippen molar-refractivity contribution in [1.82, 2.24) is 15.0 Å². The summed E-state index contributed by atoms with van der Waals surface area (Å²) in [5.41, 5.74) is 1.95. The number of carbonyl (C=O) groups is 1. The van der Waals surface area contributed by atoms with E-state index in [-0.39, 0.29) is 22.0 Å². The molecule has 0 aliphatic rings. The van der Waals surface area contributed by atoms with Gasteiger partial charge in [0, 0.05) is 10.0 Å². The lowest BCUT2D eigenvalue weighted by molar-refractivity contribution is -0.137. The second-order valence-corrected chi connectivity index (χ2v) is 9.05. The molecular formula is C24H16BrF3N4O2S. The van der Waals surface area contributed by atoms with Gasteiger partial charge in [0.1, 0.15) is 0 Å². The average Bonchev–Trinajstić information content (AvgIpc) is 2.83. The standard InChI is InChI=1S/C24H16BrF3N4O2S/c25-16-9-11-17(12-10-16)32-22(34)18-6-2-4-8-20(18)30-23(32)35-14-21(33)31-29-13-15-5-1-3-7-19(15)24(26,27)28/h1-13H,14H2,(H,31,33)/b29-13+. The van der Waals surface area contributed by atoms with Crippen molar-refractivity contribution in [3.8, 4) is 5.69 Å². The van der Waals surface area contributed by atoms with E-state index in [1.807, 2.05) is 0 Å². The minimum atomic E-state index is -4.54. The van der Waals surface area contributed by atoms with Gasteiger partial charge in [0.25, 0.3) is 11.5 Å². The van der Waals surface area contributed by atoms with Crippen molar-refractivity contribution in [2.24, 2.45) is 5.10 Å². The van der Waals surface area contributed by atoms with Gasteiger partial charge < -0.3 is 0 Å². The predicted octanol–water partition coefficient (Wildman–Crippen LogP) is 5.41. The minimum Gasteiger partial charge on any atom is -0.272 e. The Labute approximate surface area is 210 Å². The Morgan fingerprint density at radius 2 is 1.74 bits per heavy atom. The molecule has 0 fully saturated rings. The van der Waals surface area contributed by atoms with Crippen LogP contribution in [0.25, 0.3) is 16.6 Å². The number of para-hydroxylation sites is 1. The van der Waals surface area contributed by atoms with Crippen LogP contribution in [0, 0.1) is 0 Å². The molecule has 4 rings (SSSR count). The van der Waals surface area contributed by atoms with Gasteiger partial charge in [-0.05, 0) is 42.5 Å². The number of nitrogens with one attached hydrogen (secondary N) is 1. The third kappa shape index (κ3) is 5.80. The Morgan fingerprint density at radius 1 is 1.06 bits per heavy atom. The molecule has 6 nitrogen and oxygen atoms in total. The largest absolute Gasteiger partial charge is 0.417 e. The number of thioether (sulfide) groups is 1. The maximum atomic E-state index is 13.2. The monoisotopic (exact) mass is 560 g/mol. The van der Waals surface area contributed by atoms with Crippen LogP contribution in [0.2, 0.25) is 0 Å². The maximum absolute atomic E-state index is 13.2. The fraction of sp³-hybridized carbons (Fsp3) is 0.0833. The van der Waals surface area contributed by atoms with Gasteiger partial charge in [-0.15, -0.1) is 0 Å². The van der Waals surface area contributed by atoms with Gasteiger partial charge in [-0.1, -0.05) is 58.0 Å². The van der Waals surface area contributed by atoms with Crippen LogP contribution in [0.3, 0.4) is 0 Å². The lowest BCUT2D eigenvalue weighted by Gasteiger charge is -2.13. The number of alkyl halides is 3. The first-order chi connectivity index (χ1) is 16.7. The third-order valence-electron chi connectivity index (χ3n) is 4.82. The molecule has 1 N–H and O–H groups in total. The molecular weight excluding hydrogens is 545 g/mol. The molecule has 178 valence electrons. The zero-order valence-electron chi connectivity index (χ0n) is 17.8. The fourth-order valence-electron chi connectivity index (χ4n) is 3.23. The van der Waals surface area contributed by atoms with E-state index in [0.29, 0.717) is 16.6 Å². The lowest BCUT2D eigenvalue weighted by Crippen LogP contribution is -2.24. The number of halogens is 4. The number of carbonyl (C=O) groups excluding carboxylic acids is 1. The van der Waals surface area contributed by atoms with Crippen molar-refractivity contribution in [2.45, 2.75) is 11.3 Å². The first kappa shape index (κ1) is 24.7. The van der Waals surface area contributed by atoms with E-state index in [1.165, 1.54) is 22.8 Å². The van der Waals surface area contributed by atoms with Crippen molar-refractivity contribution >= 4 is 50.7 Å². The van der Waals surface area contributed by atoms with E-state index in [9.17, 15) is 22.8 Å². The summed E-state index contributed by atoms with van der Waals surface area (Å²) in [5, 5.41) is 4.37. The third-order valence-corrected chi connectivity index (χ3v) is 6.29. The van der Waals surface area contributed by atoms with Crippen LogP contribution in [0.5, 0.6) is 0 Å². The highest BCUT2D eigenvalue weighted by molar-refractivity contribution is 9.10. The predicted molar refractivity (Wildman–Crippen MR) is 133 cm³/mol. The first-order valence-corrected chi connectivity index (χ1v) is 11.9. The number of hydrogen-bond acceptors (Lipinski definition) is 5. The Kier molecular flexibility index (Phi) is 7.37. The van der Waals surface area contributed by atoms with Crippen LogP contribution >= 0.6 is 27.7 Å². The number of nitrogens with zero attached hydrogens (tertiary/aromatic N) is 3. The number of amides is 1. The summed E-state index contributed by atoms with van der Waals surface area (Å²) in [7, 11) is 0. The van der Waals surface area contributed by atoms with Crippen molar-refractivity contribution in [1.29, 1.82) is 0 Å². The van der Waals surface area contributed by atoms with Gasteiger partial charge >= 0.3 is 6.18 Å². The van der Waals surface area contributed by atoms with E-state index in [2.05, 4.69) is 31.4 Å². The van der Waals surface area contributed by atoms with Crippen LogP contribution < -0.4 is 11.0 Å². The molecule has 0 aliphatic heterocycles. The average molecular weight is 561 g/mol. The van der Waals surface area contributed by atoms with E-state index < -0.39 is 17.6 Å². The van der Waals surface area contributed by atoms with Crippen LogP contribution in [-0.4, -0.2) is 27.4 Å². The zero-order chi connectivity index (χ0) is 25.0. The highest BCUT2D eigenvalue weighted by Gasteiger charge is 2.32. The topological polar surface area (TPSA) is 76.3 Å². The molecule has 0 spiro atoms. The van der Waals surface area contributed by atoms with Crippen LogP contribution in [0.15, 0.2) is 92.3 Å². The summed E-state index contributed by atoms with van der Waals surface area (Å²) in [6.45, 7) is 0. The highest BCUT2D eigenvalue weighted by atomic mass is 79.9. The van der Waals surface area contributed by atoms with Gasteiger partial charge in [-0.25, -0.2) is 10.4 Å². The van der Waals surface area contributed by atoms with Crippen molar-refractivity contribution in [3.63, 3.8) is 0 Å². The Hall–Kier alpha value is -3.44. The Morgan fingerprint density at radius 3 is 2.49 bits per heavy atom. The zero-order valence-corrected chi connectivity index (χ0v) is 20.2. The summed E-state index contributed by atoms with van der Waals surface area (Å²) in [6, 6.07) is 18.8. The maximum Gasteiger partial charge on any atom is 0.417 e. The molecule has 1 amide bonds. The molecule has 0 bridgehead atoms. The number of hydrazone groups is 1. The molecule has 1 heterocycles. The number of fused-ring (bicyclic) bond motifs is 1. The molecule has 11 heteroatoms. The molecule has 1 aromatic heterocycles. The summed E-state index contributed by atoms with van der Waals surface area (Å²) in [4.78, 5) is 30.1. The molecule has 0 saturated carbocycles. The summed E-state index contributed by atoms with van der Waals surface area (Å²) >= 11 is 4.37. The minimum absolute atomic E-state index is 0.167. The molecule has 0 aliphatic carbocycles. The summed E-state index contributed by atoms with van der Waals surface area (Å²) in [6.07, 6.45) is -3.60. The lowest BCUT2D eigenvalue weighted by atomic mass is 10.1. The van der Waals surface area contributed by atoms with Crippen molar-refractivity contribution in [2.75, 3.05) is 5.75 Å². The van der Waals surface area contributed by atoms with Crippen molar-refractivity contribution < 1.29 is 18.0 Å². The van der Waals surface area contributed by atoms with E-state index >= 15 is 0 Å². The number of rotatable bonds is 6. The molecule has 0 radical (unpaired) electrons. The first-order valence-electron chi connectivity index (χ1n) is 10.1. The molecule has 3 aromatic carbocycles. The second-order valence-electron chi connectivity index (χ2n) is 7.20. The van der Waals surface area contributed by atoms with E-state index in [1.54, 1.807) is 48.5 Å². The Bertz CT molecular complexity index is 1470. The van der Waals surface area contributed by atoms with Gasteiger partial charge in [-0.3, -0.25) is 14.2 Å². The van der Waals surface area contributed by atoms with Gasteiger partial charge in [-0.2, -0.15) is 18.3 Å². The number of hydrogen-bond donors (Lipinski definition) is 1. The normalized spacial score (nSPS) is 11.8. The van der Waals surface area contributed by atoms with Gasteiger partial charge in [0.15, 0.2) is 5.16 Å². The number of aromatic nitrogens is 2. The van der Waals surface area contributed by atoms with Crippen molar-refractivity contribution in [3.05, 3.63) is 98.7 Å². The molecule has 0 unspecified atom stereocenters. The quantitative estimate of drug-likeness (QED) is 0.148.